The van der Waals surface area contributed by atoms with Crippen LogP contribution in [-0.2, 0) is 14.3 Å². The number of rotatable bonds is 6. The Morgan fingerprint density at radius 2 is 1.81 bits per heavy atom. The lowest BCUT2D eigenvalue weighted by Gasteiger charge is -2.38. The minimum Gasteiger partial charge on any atom is -0.455 e. The standard InChI is InChI=1S/C21H27ClN2O3/c1-15(2)19(16-7-9-17(22)10-8-16)20(26)27-13-18(25)24(3)21(14-23)11-5-4-6-12-21/h7-10,15,19H,4-6,11-13H2,1-3H3/t19-/m1/s1. The molecule has 0 spiro atoms. The molecule has 0 bridgehead atoms. The van der Waals surface area contributed by atoms with Crippen molar-refractivity contribution in [2.24, 2.45) is 5.92 Å². The Balaban J connectivity index is 2.03. The third-order valence-electron chi connectivity index (χ3n) is 5.39. The summed E-state index contributed by atoms with van der Waals surface area (Å²) in [6.07, 6.45) is 4.27. The van der Waals surface area contributed by atoms with E-state index in [9.17, 15) is 14.9 Å². The van der Waals surface area contributed by atoms with Crippen molar-refractivity contribution in [3.63, 3.8) is 0 Å². The van der Waals surface area contributed by atoms with E-state index in [2.05, 4.69) is 6.07 Å². The molecule has 1 aliphatic rings. The molecule has 2 rings (SSSR count). The Hall–Kier alpha value is -2.06. The van der Waals surface area contributed by atoms with E-state index in [4.69, 9.17) is 16.3 Å². The maximum atomic E-state index is 12.6. The highest BCUT2D eigenvalue weighted by Gasteiger charge is 2.39. The van der Waals surface area contributed by atoms with E-state index in [1.54, 1.807) is 31.3 Å². The first-order chi connectivity index (χ1) is 12.8. The molecule has 0 N–H and O–H groups in total. The van der Waals surface area contributed by atoms with E-state index in [0.717, 1.165) is 24.8 Å². The van der Waals surface area contributed by atoms with Crippen LogP contribution in [0.15, 0.2) is 24.3 Å². The van der Waals surface area contributed by atoms with Gasteiger partial charge in [0.25, 0.3) is 5.91 Å². The van der Waals surface area contributed by atoms with Crippen LogP contribution >= 0.6 is 11.6 Å². The number of esters is 1. The van der Waals surface area contributed by atoms with Crippen LogP contribution < -0.4 is 0 Å². The van der Waals surface area contributed by atoms with Crippen LogP contribution in [0, 0.1) is 17.2 Å². The zero-order chi connectivity index (χ0) is 20.0. The lowest BCUT2D eigenvalue weighted by atomic mass is 9.81. The van der Waals surface area contributed by atoms with E-state index < -0.39 is 17.4 Å². The van der Waals surface area contributed by atoms with Gasteiger partial charge in [-0.3, -0.25) is 9.59 Å². The largest absolute Gasteiger partial charge is 0.455 e. The summed E-state index contributed by atoms with van der Waals surface area (Å²) in [6, 6.07) is 9.38. The smallest absolute Gasteiger partial charge is 0.314 e. The lowest BCUT2D eigenvalue weighted by Crippen LogP contribution is -2.51. The molecule has 1 aromatic carbocycles. The predicted molar refractivity (Wildman–Crippen MR) is 104 cm³/mol. The molecule has 1 fully saturated rings. The molecule has 0 saturated heterocycles. The van der Waals surface area contributed by atoms with Gasteiger partial charge in [-0.25, -0.2) is 0 Å². The minimum atomic E-state index is -0.782. The average molecular weight is 391 g/mol. The van der Waals surface area contributed by atoms with Gasteiger partial charge in [0.05, 0.1) is 12.0 Å². The van der Waals surface area contributed by atoms with Crippen molar-refractivity contribution < 1.29 is 14.3 Å². The molecule has 1 saturated carbocycles. The Morgan fingerprint density at radius 1 is 1.22 bits per heavy atom. The second-order valence-electron chi connectivity index (χ2n) is 7.54. The first kappa shape index (κ1) is 21.2. The van der Waals surface area contributed by atoms with Gasteiger partial charge in [-0.05, 0) is 36.5 Å². The molecular weight excluding hydrogens is 364 g/mol. The van der Waals surface area contributed by atoms with Gasteiger partial charge in [-0.2, -0.15) is 5.26 Å². The Bertz CT molecular complexity index is 703. The number of benzene rings is 1. The number of nitriles is 1. The third kappa shape index (κ3) is 5.01. The zero-order valence-electron chi connectivity index (χ0n) is 16.2. The molecule has 1 aliphatic carbocycles. The van der Waals surface area contributed by atoms with Crippen LogP contribution in [-0.4, -0.2) is 36.0 Å². The second kappa shape index (κ2) is 9.23. The summed E-state index contributed by atoms with van der Waals surface area (Å²) in [7, 11) is 1.63. The summed E-state index contributed by atoms with van der Waals surface area (Å²) in [5, 5.41) is 10.2. The Kier molecular flexibility index (Phi) is 7.26. The highest BCUT2D eigenvalue weighted by molar-refractivity contribution is 6.30. The Morgan fingerprint density at radius 3 is 2.33 bits per heavy atom. The van der Waals surface area contributed by atoms with Crippen LogP contribution in [0.25, 0.3) is 0 Å². The molecule has 0 aromatic heterocycles. The van der Waals surface area contributed by atoms with Crippen LogP contribution in [0.2, 0.25) is 5.02 Å². The van der Waals surface area contributed by atoms with Crippen molar-refractivity contribution >= 4 is 23.5 Å². The molecule has 1 amide bonds. The van der Waals surface area contributed by atoms with Gasteiger partial charge in [0.2, 0.25) is 0 Å². The molecule has 146 valence electrons. The summed E-state index contributed by atoms with van der Waals surface area (Å²) >= 11 is 5.92. The van der Waals surface area contributed by atoms with E-state index in [-0.39, 0.29) is 18.4 Å². The maximum Gasteiger partial charge on any atom is 0.314 e. The van der Waals surface area contributed by atoms with Crippen molar-refractivity contribution in [2.75, 3.05) is 13.7 Å². The number of hydrogen-bond acceptors (Lipinski definition) is 4. The normalized spacial score (nSPS) is 17.0. The second-order valence-corrected chi connectivity index (χ2v) is 7.97. The highest BCUT2D eigenvalue weighted by atomic mass is 35.5. The summed E-state index contributed by atoms with van der Waals surface area (Å²) in [6.45, 7) is 3.51. The van der Waals surface area contributed by atoms with Gasteiger partial charge in [0.15, 0.2) is 6.61 Å². The maximum absolute atomic E-state index is 12.6. The van der Waals surface area contributed by atoms with Crippen molar-refractivity contribution in [3.8, 4) is 6.07 Å². The summed E-state index contributed by atoms with van der Waals surface area (Å²) < 4.78 is 5.34. The molecule has 0 unspecified atom stereocenters. The first-order valence-electron chi connectivity index (χ1n) is 9.41. The van der Waals surface area contributed by atoms with Crippen molar-refractivity contribution in [1.29, 1.82) is 5.26 Å². The molecule has 0 heterocycles. The zero-order valence-corrected chi connectivity index (χ0v) is 17.0. The number of carbonyl (C=O) groups excluding carboxylic acids is 2. The van der Waals surface area contributed by atoms with Gasteiger partial charge in [0, 0.05) is 12.1 Å². The van der Waals surface area contributed by atoms with Gasteiger partial charge in [0.1, 0.15) is 5.54 Å². The van der Waals surface area contributed by atoms with Crippen molar-refractivity contribution in [1.82, 2.24) is 4.90 Å². The molecule has 1 aromatic rings. The fraction of sp³-hybridized carbons (Fsp3) is 0.571. The number of nitrogens with zero attached hydrogens (tertiary/aromatic N) is 2. The van der Waals surface area contributed by atoms with Gasteiger partial charge in [-0.1, -0.05) is 56.8 Å². The highest BCUT2D eigenvalue weighted by Crippen LogP contribution is 2.32. The monoisotopic (exact) mass is 390 g/mol. The fourth-order valence-corrected chi connectivity index (χ4v) is 3.81. The molecular formula is C21H27ClN2O3. The van der Waals surface area contributed by atoms with Gasteiger partial charge < -0.3 is 9.64 Å². The SMILES string of the molecule is CC(C)[C@@H](C(=O)OCC(=O)N(C)C1(C#N)CCCCC1)c1ccc(Cl)cc1. The van der Waals surface area contributed by atoms with Gasteiger partial charge >= 0.3 is 5.97 Å². The number of halogens is 1. The van der Waals surface area contributed by atoms with E-state index in [1.165, 1.54) is 4.90 Å². The molecule has 1 atom stereocenters. The third-order valence-corrected chi connectivity index (χ3v) is 5.64. The lowest BCUT2D eigenvalue weighted by molar-refractivity contribution is -0.155. The minimum absolute atomic E-state index is 0.00954. The number of ether oxygens (including phenoxy) is 1. The topological polar surface area (TPSA) is 70.4 Å². The van der Waals surface area contributed by atoms with E-state index >= 15 is 0 Å². The van der Waals surface area contributed by atoms with Crippen LogP contribution in [0.4, 0.5) is 0 Å². The van der Waals surface area contributed by atoms with Crippen LogP contribution in [0.3, 0.4) is 0 Å². The van der Waals surface area contributed by atoms with E-state index in [1.807, 2.05) is 13.8 Å². The molecule has 0 aliphatic heterocycles. The molecule has 6 heteroatoms. The number of hydrogen-bond donors (Lipinski definition) is 0. The average Bonchev–Trinajstić information content (AvgIpc) is 2.67. The van der Waals surface area contributed by atoms with Gasteiger partial charge in [-0.15, -0.1) is 0 Å². The summed E-state index contributed by atoms with van der Waals surface area (Å²) in [5.74, 6) is -1.25. The van der Waals surface area contributed by atoms with Crippen molar-refractivity contribution in [2.45, 2.75) is 57.4 Å². The van der Waals surface area contributed by atoms with Crippen LogP contribution in [0.5, 0.6) is 0 Å². The Labute approximate surface area is 166 Å². The van der Waals surface area contributed by atoms with Crippen LogP contribution in [0.1, 0.15) is 57.4 Å². The quantitative estimate of drug-likeness (QED) is 0.678. The number of amides is 1. The molecule has 27 heavy (non-hydrogen) atoms. The summed E-state index contributed by atoms with van der Waals surface area (Å²) in [5.41, 5.74) is 0.0241. The number of carbonyl (C=O) groups is 2. The molecule has 0 radical (unpaired) electrons. The predicted octanol–water partition coefficient (Wildman–Crippen LogP) is 4.31. The molecule has 5 nitrogen and oxygen atoms in total. The first-order valence-corrected chi connectivity index (χ1v) is 9.78. The summed E-state index contributed by atoms with van der Waals surface area (Å²) in [4.78, 5) is 26.7. The number of likely N-dealkylation sites (N-methyl/N-ethyl adjacent to an activating group) is 1. The van der Waals surface area contributed by atoms with Crippen molar-refractivity contribution in [3.05, 3.63) is 34.9 Å². The van der Waals surface area contributed by atoms with E-state index in [0.29, 0.717) is 17.9 Å². The fourth-order valence-electron chi connectivity index (χ4n) is 3.68.